The van der Waals surface area contributed by atoms with Gasteiger partial charge in [0.1, 0.15) is 46.8 Å². The number of rotatable bonds is 25. The number of nitrogens with two attached hydrogens (primary N) is 1. The number of allylic oxidation sites excluding steroid dienone is 3. The molecule has 460 valence electrons. The molecule has 3 aliphatic heterocycles. The number of likely N-dealkylation sites (N-methyl/N-ethyl adjacent to an activating group) is 1. The van der Waals surface area contributed by atoms with E-state index in [9.17, 15) is 38.7 Å². The van der Waals surface area contributed by atoms with Gasteiger partial charge in [-0.1, -0.05) is 88.0 Å². The number of esters is 1. The summed E-state index contributed by atoms with van der Waals surface area (Å²) in [4.78, 5) is 97.6. The molecular weight excluding hydrogens is 1230 g/mol. The van der Waals surface area contributed by atoms with Gasteiger partial charge in [0.15, 0.2) is 5.72 Å². The van der Waals surface area contributed by atoms with E-state index in [0.717, 1.165) is 41.1 Å². The summed E-state index contributed by atoms with van der Waals surface area (Å²) in [5.41, 5.74) is 4.48. The Hall–Kier alpha value is -5.34. The number of methoxy groups -OCH3 is 2. The third-order valence-electron chi connectivity index (χ3n) is 15.3. The third kappa shape index (κ3) is 18.8. The standard InChI is InChI=1S/C58H83Br2ClN8O14/c1-33(2)49(63-23-12-11-13-25-80-40(31-59)32-60)52(72)66-41(17-15-24-64-55(62)75)51(71)65-39-21-19-38(20-22-39)53(73)68(7)36(5)54(74)82-46-29-47(70)69(8)42-27-37(28-43(78-9)48(42)61)26-34(3)16-14-18-45(79-10)58(77)30-44(81-56(76)67-58)35(4)50-57(46,6)83-50/h14,16,18-22,27-28,33,35-36,40-41,44-46,49-50,63,77H,11-13,15,17,23-26,29-32H2,1-10H3,(H,65,71)(H,66,72)(H,67,76)(H3,62,64,75)/b18-14+,34-16+/t35-,36+,41+,44+,45-,46+,49+,50+,57+,58+/m1/s1. The van der Waals surface area contributed by atoms with Crippen molar-refractivity contribution in [3.63, 3.8) is 0 Å². The van der Waals surface area contributed by atoms with Crippen molar-refractivity contribution >= 4 is 96.6 Å². The number of benzene rings is 2. The number of carbonyl (C=O) groups is 7. The smallest absolute Gasteiger partial charge is 0.409 e. The average Bonchev–Trinajstić information content (AvgIpc) is 2.48. The molecular formula is C58H83Br2ClN8O14. The van der Waals surface area contributed by atoms with Crippen LogP contribution in [0, 0.1) is 11.8 Å². The molecule has 0 spiro atoms. The molecule has 2 aromatic rings. The van der Waals surface area contributed by atoms with Crippen molar-refractivity contribution in [2.45, 2.75) is 153 Å². The molecule has 0 aliphatic carbocycles. The lowest BCUT2D eigenvalue weighted by molar-refractivity contribution is -0.158. The summed E-state index contributed by atoms with van der Waals surface area (Å²) in [6.45, 7) is 12.0. The van der Waals surface area contributed by atoms with Gasteiger partial charge in [-0.3, -0.25) is 24.5 Å². The second-order valence-corrected chi connectivity index (χ2v) is 23.6. The van der Waals surface area contributed by atoms with E-state index in [4.69, 9.17) is 45.8 Å². The molecule has 3 heterocycles. The van der Waals surface area contributed by atoms with E-state index < -0.39 is 102 Å². The number of ether oxygens (including phenoxy) is 6. The summed E-state index contributed by atoms with van der Waals surface area (Å²) in [6.07, 6.45) is 3.38. The Bertz CT molecular complexity index is 2650. The predicted octanol–water partition coefficient (Wildman–Crippen LogP) is 6.66. The lowest BCUT2D eigenvalue weighted by Crippen LogP contribution is -2.63. The highest BCUT2D eigenvalue weighted by Gasteiger charge is 2.64. The van der Waals surface area contributed by atoms with Gasteiger partial charge in [-0.25, -0.2) is 14.4 Å². The first-order chi connectivity index (χ1) is 39.3. The van der Waals surface area contributed by atoms with Crippen LogP contribution >= 0.6 is 43.5 Å². The molecule has 2 fully saturated rings. The second-order valence-electron chi connectivity index (χ2n) is 21.9. The van der Waals surface area contributed by atoms with E-state index in [1.165, 1.54) is 62.3 Å². The molecule has 0 radical (unpaired) electrons. The molecule has 10 atom stereocenters. The number of aliphatic hydroxyl groups is 1. The number of fused-ring (bicyclic) bond motifs is 5. The van der Waals surface area contributed by atoms with Crippen LogP contribution in [0.3, 0.4) is 0 Å². The number of amides is 7. The van der Waals surface area contributed by atoms with Crippen molar-refractivity contribution in [2.24, 2.45) is 17.6 Å². The number of hydrogen-bond donors (Lipinski definition) is 7. The van der Waals surface area contributed by atoms with Crippen LogP contribution in [-0.2, 0) is 49.3 Å². The Kier molecular flexibility index (Phi) is 26.1. The van der Waals surface area contributed by atoms with Gasteiger partial charge in [0.25, 0.3) is 5.91 Å². The highest BCUT2D eigenvalue weighted by Crippen LogP contribution is 2.49. The second kappa shape index (κ2) is 31.7. The number of alkyl halides is 2. The molecule has 8 N–H and O–H groups in total. The van der Waals surface area contributed by atoms with E-state index >= 15 is 0 Å². The van der Waals surface area contributed by atoms with Crippen molar-refractivity contribution in [2.75, 3.05) is 68.9 Å². The first-order valence-corrected chi connectivity index (χ1v) is 30.5. The largest absolute Gasteiger partial charge is 0.495 e. The van der Waals surface area contributed by atoms with Crippen molar-refractivity contribution in [3.05, 3.63) is 76.3 Å². The zero-order valence-electron chi connectivity index (χ0n) is 49.0. The predicted molar refractivity (Wildman–Crippen MR) is 322 cm³/mol. The van der Waals surface area contributed by atoms with Gasteiger partial charge in [0.2, 0.25) is 17.7 Å². The Morgan fingerprint density at radius 3 is 2.35 bits per heavy atom. The van der Waals surface area contributed by atoms with Crippen molar-refractivity contribution < 1.29 is 67.1 Å². The fraction of sp³-hybridized carbons (Fsp3) is 0.603. The van der Waals surface area contributed by atoms with E-state index in [-0.39, 0.29) is 47.9 Å². The highest BCUT2D eigenvalue weighted by atomic mass is 79.9. The van der Waals surface area contributed by atoms with Crippen molar-refractivity contribution in [1.29, 1.82) is 0 Å². The fourth-order valence-corrected chi connectivity index (χ4v) is 11.8. The van der Waals surface area contributed by atoms with Gasteiger partial charge >= 0.3 is 18.1 Å². The van der Waals surface area contributed by atoms with E-state index in [2.05, 4.69) is 58.4 Å². The van der Waals surface area contributed by atoms with Crippen LogP contribution in [0.2, 0.25) is 5.02 Å². The quantitative estimate of drug-likeness (QED) is 0.0237. The third-order valence-corrected chi connectivity index (χ3v) is 17.1. The van der Waals surface area contributed by atoms with Crippen LogP contribution in [0.5, 0.6) is 5.75 Å². The lowest BCUT2D eigenvalue weighted by atomic mass is 9.83. The molecule has 2 aromatic carbocycles. The fourth-order valence-electron chi connectivity index (χ4n) is 10.0. The van der Waals surface area contributed by atoms with Crippen LogP contribution in [-0.4, -0.2) is 170 Å². The number of carbonyl (C=O) groups excluding carboxylic acids is 7. The zero-order valence-corrected chi connectivity index (χ0v) is 53.0. The maximum atomic E-state index is 14.5. The Morgan fingerprint density at radius 2 is 1.71 bits per heavy atom. The monoisotopic (exact) mass is 1310 g/mol. The van der Waals surface area contributed by atoms with Gasteiger partial charge in [-0.2, -0.15) is 0 Å². The number of urea groups is 1. The molecule has 0 unspecified atom stereocenters. The molecule has 83 heavy (non-hydrogen) atoms. The van der Waals surface area contributed by atoms with Crippen LogP contribution in [0.4, 0.5) is 21.0 Å². The number of anilines is 2. The minimum Gasteiger partial charge on any atom is -0.495 e. The minimum atomic E-state index is -1.90. The normalized spacial score (nSPS) is 24.8. The van der Waals surface area contributed by atoms with Crippen LogP contribution in [0.15, 0.2) is 60.2 Å². The highest BCUT2D eigenvalue weighted by molar-refractivity contribution is 9.09. The summed E-state index contributed by atoms with van der Waals surface area (Å²) in [6, 6.07) is 5.96. The molecule has 5 rings (SSSR count). The number of alkyl carbamates (subject to hydrolysis) is 1. The summed E-state index contributed by atoms with van der Waals surface area (Å²) >= 11 is 13.7. The SMILES string of the molecule is COc1cc2cc(c1Cl)N(C)C(=O)C[C@H](OC(=O)[C@H](C)N(C)C(=O)c1ccc(NC(=O)[C@H](CCCNC(N)=O)NC(=O)[C@@H](NCCCCCOC(CBr)CBr)C(C)C)cc1)[C@]1(C)O[C@H]1[C@H](C)[C@@H]1C[C@@](O)(NC(=O)O1)[C@H](OC)/C=C/C=C(\C)C2. The first kappa shape index (κ1) is 68.4. The maximum absolute atomic E-state index is 14.5. The number of unbranched alkanes of at least 4 members (excludes halogenated alkanes) is 2. The average molecular weight is 1310 g/mol. The molecule has 2 saturated heterocycles. The lowest BCUT2D eigenvalue weighted by Gasteiger charge is -2.42. The number of halogens is 3. The van der Waals surface area contributed by atoms with Gasteiger partial charge in [-0.05, 0) is 114 Å². The van der Waals surface area contributed by atoms with E-state index in [0.29, 0.717) is 43.1 Å². The first-order valence-electron chi connectivity index (χ1n) is 27.9. The number of epoxide rings is 1. The van der Waals surface area contributed by atoms with Crippen LogP contribution < -0.4 is 42.0 Å². The topological polar surface area (TPSA) is 291 Å². The summed E-state index contributed by atoms with van der Waals surface area (Å²) in [7, 11) is 5.84. The van der Waals surface area contributed by atoms with Crippen molar-refractivity contribution in [3.8, 4) is 5.75 Å². The zero-order chi connectivity index (χ0) is 61.3. The maximum Gasteiger partial charge on any atom is 0.409 e. The Morgan fingerprint density at radius 1 is 1.01 bits per heavy atom. The number of primary amides is 1. The molecule has 25 heteroatoms. The van der Waals surface area contributed by atoms with Crippen LogP contribution in [0.25, 0.3) is 0 Å². The number of nitrogens with zero attached hydrogens (tertiary/aromatic N) is 2. The molecule has 0 saturated carbocycles. The van der Waals surface area contributed by atoms with Crippen molar-refractivity contribution in [1.82, 2.24) is 26.2 Å². The molecule has 0 aromatic heterocycles. The molecule has 7 amide bonds. The Labute approximate surface area is 508 Å². The summed E-state index contributed by atoms with van der Waals surface area (Å²) in [5, 5.41) is 27.6. The van der Waals surface area contributed by atoms with E-state index in [1.54, 1.807) is 45.2 Å². The summed E-state index contributed by atoms with van der Waals surface area (Å²) in [5.74, 6) is -3.25. The molecule has 4 bridgehead atoms. The van der Waals surface area contributed by atoms with Gasteiger partial charge in [-0.15, -0.1) is 0 Å². The van der Waals surface area contributed by atoms with Gasteiger partial charge in [0.05, 0.1) is 37.5 Å². The van der Waals surface area contributed by atoms with Gasteiger partial charge in [0, 0.05) is 68.6 Å². The van der Waals surface area contributed by atoms with Crippen LogP contribution in [0.1, 0.15) is 102 Å². The summed E-state index contributed by atoms with van der Waals surface area (Å²) < 4.78 is 35.4. The number of nitrogens with one attached hydrogen (secondary N) is 5. The number of hydrogen-bond acceptors (Lipinski definition) is 15. The minimum absolute atomic E-state index is 0.0975. The molecule has 3 aliphatic rings. The Balaban J connectivity index is 1.31. The molecule has 22 nitrogen and oxygen atoms in total. The van der Waals surface area contributed by atoms with E-state index in [1.807, 2.05) is 26.8 Å². The van der Waals surface area contributed by atoms with Gasteiger partial charge < -0.3 is 70.3 Å².